The Kier molecular flexibility index (Phi) is 2.85. The lowest BCUT2D eigenvalue weighted by atomic mass is 10.1. The summed E-state index contributed by atoms with van der Waals surface area (Å²) in [5, 5.41) is 4.55. The summed E-state index contributed by atoms with van der Waals surface area (Å²) in [5.41, 5.74) is 2.61. The summed E-state index contributed by atoms with van der Waals surface area (Å²) in [6.07, 6.45) is 2.33. The molecule has 2 aromatic heterocycles. The number of rotatable bonds is 4. The van der Waals surface area contributed by atoms with E-state index in [0.29, 0.717) is 12.2 Å². The van der Waals surface area contributed by atoms with Crippen molar-refractivity contribution in [3.05, 3.63) is 42.2 Å². The number of carbonyl (C=O) groups is 1. The third kappa shape index (κ3) is 2.22. The molecule has 0 radical (unpaired) electrons. The highest BCUT2D eigenvalue weighted by molar-refractivity contribution is 5.84. The normalized spacial score (nSPS) is 15.8. The van der Waals surface area contributed by atoms with Gasteiger partial charge in [0.1, 0.15) is 5.78 Å². The summed E-state index contributed by atoms with van der Waals surface area (Å²) in [6.45, 7) is 0.250. The van der Waals surface area contributed by atoms with Crippen molar-refractivity contribution in [3.8, 4) is 22.8 Å². The summed E-state index contributed by atoms with van der Waals surface area (Å²) >= 11 is 0. The first-order valence-electron chi connectivity index (χ1n) is 8.05. The Balaban J connectivity index is 1.55. The fourth-order valence-electron chi connectivity index (χ4n) is 3.00. The molecule has 2 aliphatic rings. The molecule has 0 saturated heterocycles. The SMILES string of the molecule is O=C(Cc1nc2cccc(-c3ccc4c(c3)OCO4)n2n1)C1CC1. The first kappa shape index (κ1) is 13.5. The van der Waals surface area contributed by atoms with Crippen LogP contribution in [0.15, 0.2) is 36.4 Å². The number of hydrogen-bond donors (Lipinski definition) is 0. The van der Waals surface area contributed by atoms with E-state index in [-0.39, 0.29) is 18.5 Å². The van der Waals surface area contributed by atoms with Crippen molar-refractivity contribution in [1.82, 2.24) is 14.6 Å². The molecule has 5 rings (SSSR count). The number of carbonyl (C=O) groups excluding carboxylic acids is 1. The summed E-state index contributed by atoms with van der Waals surface area (Å²) < 4.78 is 12.6. The van der Waals surface area contributed by atoms with E-state index in [1.807, 2.05) is 36.4 Å². The molecule has 1 aromatic carbocycles. The minimum absolute atomic E-state index is 0.227. The van der Waals surface area contributed by atoms with Crippen LogP contribution >= 0.6 is 0 Å². The van der Waals surface area contributed by atoms with Gasteiger partial charge in [-0.2, -0.15) is 5.10 Å². The zero-order valence-corrected chi connectivity index (χ0v) is 12.9. The van der Waals surface area contributed by atoms with Crippen molar-refractivity contribution in [1.29, 1.82) is 0 Å². The molecule has 0 spiro atoms. The van der Waals surface area contributed by atoms with Crippen LogP contribution in [0.1, 0.15) is 18.7 Å². The van der Waals surface area contributed by atoms with E-state index >= 15 is 0 Å². The highest BCUT2D eigenvalue weighted by Gasteiger charge is 2.30. The molecule has 6 heteroatoms. The Bertz CT molecular complexity index is 959. The van der Waals surface area contributed by atoms with Crippen molar-refractivity contribution >= 4 is 11.4 Å². The smallest absolute Gasteiger partial charge is 0.231 e. The lowest BCUT2D eigenvalue weighted by molar-refractivity contribution is -0.119. The molecule has 0 bridgehead atoms. The van der Waals surface area contributed by atoms with Crippen LogP contribution in [-0.4, -0.2) is 27.2 Å². The molecule has 24 heavy (non-hydrogen) atoms. The number of nitrogens with zero attached hydrogens (tertiary/aromatic N) is 3. The molecule has 1 saturated carbocycles. The maximum absolute atomic E-state index is 12.0. The number of pyridine rings is 1. The third-order valence-corrected chi connectivity index (χ3v) is 4.44. The van der Waals surface area contributed by atoms with E-state index in [0.717, 1.165) is 41.2 Å². The Morgan fingerprint density at radius 1 is 1.17 bits per heavy atom. The van der Waals surface area contributed by atoms with Gasteiger partial charge < -0.3 is 9.47 Å². The van der Waals surface area contributed by atoms with Gasteiger partial charge in [0.25, 0.3) is 0 Å². The van der Waals surface area contributed by atoms with E-state index in [4.69, 9.17) is 9.47 Å². The lowest BCUT2D eigenvalue weighted by Gasteiger charge is -2.05. The maximum atomic E-state index is 12.0. The molecule has 6 nitrogen and oxygen atoms in total. The summed E-state index contributed by atoms with van der Waals surface area (Å²) in [7, 11) is 0. The van der Waals surface area contributed by atoms with E-state index in [1.165, 1.54) is 0 Å². The minimum atomic E-state index is 0.227. The van der Waals surface area contributed by atoms with Crippen molar-refractivity contribution in [2.75, 3.05) is 6.79 Å². The third-order valence-electron chi connectivity index (χ3n) is 4.44. The fourth-order valence-corrected chi connectivity index (χ4v) is 3.00. The van der Waals surface area contributed by atoms with Crippen LogP contribution in [0.5, 0.6) is 11.5 Å². The maximum Gasteiger partial charge on any atom is 0.231 e. The first-order chi connectivity index (χ1) is 11.8. The van der Waals surface area contributed by atoms with Crippen LogP contribution in [0.3, 0.4) is 0 Å². The Labute approximate surface area is 138 Å². The number of hydrogen-bond acceptors (Lipinski definition) is 5. The second kappa shape index (κ2) is 5.06. The van der Waals surface area contributed by atoms with Gasteiger partial charge in [0.05, 0.1) is 12.1 Å². The number of benzene rings is 1. The topological polar surface area (TPSA) is 65.7 Å². The highest BCUT2D eigenvalue weighted by atomic mass is 16.7. The lowest BCUT2D eigenvalue weighted by Crippen LogP contribution is -2.06. The average Bonchev–Trinajstić information content (AvgIpc) is 3.20. The quantitative estimate of drug-likeness (QED) is 0.739. The van der Waals surface area contributed by atoms with E-state index < -0.39 is 0 Å². The summed E-state index contributed by atoms with van der Waals surface area (Å²) in [6, 6.07) is 11.6. The predicted octanol–water partition coefficient (Wildman–Crippen LogP) is 2.65. The number of Topliss-reactive ketones (excluding diaryl/α,β-unsaturated/α-hetero) is 1. The van der Waals surface area contributed by atoms with Gasteiger partial charge in [0.2, 0.25) is 6.79 Å². The van der Waals surface area contributed by atoms with Gasteiger partial charge in [-0.1, -0.05) is 6.07 Å². The summed E-state index contributed by atoms with van der Waals surface area (Å²) in [4.78, 5) is 16.5. The van der Waals surface area contributed by atoms with Crippen molar-refractivity contribution < 1.29 is 14.3 Å². The zero-order chi connectivity index (χ0) is 16.1. The number of ether oxygens (including phenoxy) is 2. The van der Waals surface area contributed by atoms with Crippen LogP contribution in [0.25, 0.3) is 16.9 Å². The molecule has 0 unspecified atom stereocenters. The number of aromatic nitrogens is 3. The molecule has 0 atom stereocenters. The molecule has 1 fully saturated rings. The van der Waals surface area contributed by atoms with Gasteiger partial charge in [-0.05, 0) is 43.2 Å². The van der Waals surface area contributed by atoms with Crippen LogP contribution in [0.4, 0.5) is 0 Å². The van der Waals surface area contributed by atoms with Crippen molar-refractivity contribution in [2.24, 2.45) is 5.92 Å². The van der Waals surface area contributed by atoms with E-state index in [2.05, 4.69) is 10.1 Å². The average molecular weight is 321 g/mol. The molecule has 0 N–H and O–H groups in total. The van der Waals surface area contributed by atoms with Gasteiger partial charge in [0.15, 0.2) is 23.0 Å². The second-order valence-electron chi connectivity index (χ2n) is 6.19. The van der Waals surface area contributed by atoms with Crippen LogP contribution < -0.4 is 9.47 Å². The summed E-state index contributed by atoms with van der Waals surface area (Å²) in [5.74, 6) is 2.54. The van der Waals surface area contributed by atoms with Gasteiger partial charge >= 0.3 is 0 Å². The molecule has 1 aliphatic carbocycles. The van der Waals surface area contributed by atoms with Gasteiger partial charge in [-0.3, -0.25) is 4.79 Å². The van der Waals surface area contributed by atoms with Gasteiger partial charge in [0, 0.05) is 11.5 Å². The first-order valence-corrected chi connectivity index (χ1v) is 8.05. The monoisotopic (exact) mass is 321 g/mol. The van der Waals surface area contributed by atoms with E-state index in [1.54, 1.807) is 4.52 Å². The number of fused-ring (bicyclic) bond motifs is 2. The highest BCUT2D eigenvalue weighted by Crippen LogP contribution is 2.36. The molecule has 1 aliphatic heterocycles. The predicted molar refractivity (Wildman–Crippen MR) is 86.0 cm³/mol. The Hall–Kier alpha value is -2.89. The van der Waals surface area contributed by atoms with Crippen molar-refractivity contribution in [2.45, 2.75) is 19.3 Å². The molecule has 120 valence electrons. The zero-order valence-electron chi connectivity index (χ0n) is 12.9. The molecule has 0 amide bonds. The molecular formula is C18H15N3O3. The van der Waals surface area contributed by atoms with Crippen LogP contribution in [0.2, 0.25) is 0 Å². The van der Waals surface area contributed by atoms with Crippen LogP contribution in [0, 0.1) is 5.92 Å². The van der Waals surface area contributed by atoms with Crippen molar-refractivity contribution in [3.63, 3.8) is 0 Å². The standard InChI is InChI=1S/C18H15N3O3/c22-14(11-4-5-11)9-17-19-18-3-1-2-13(21(18)20-17)12-6-7-15-16(8-12)24-10-23-15/h1-3,6-8,11H,4-5,9-10H2. The number of ketones is 1. The minimum Gasteiger partial charge on any atom is -0.454 e. The molecule has 3 aromatic rings. The Morgan fingerprint density at radius 2 is 2.04 bits per heavy atom. The van der Waals surface area contributed by atoms with Gasteiger partial charge in [-0.15, -0.1) is 0 Å². The van der Waals surface area contributed by atoms with Crippen LogP contribution in [-0.2, 0) is 11.2 Å². The second-order valence-corrected chi connectivity index (χ2v) is 6.19. The fraction of sp³-hybridized carbons (Fsp3) is 0.278. The Morgan fingerprint density at radius 3 is 2.92 bits per heavy atom. The van der Waals surface area contributed by atoms with E-state index in [9.17, 15) is 4.79 Å². The van der Waals surface area contributed by atoms with Gasteiger partial charge in [-0.25, -0.2) is 9.50 Å². The largest absolute Gasteiger partial charge is 0.454 e. The molecular weight excluding hydrogens is 306 g/mol. The molecule has 3 heterocycles.